The van der Waals surface area contributed by atoms with Crippen molar-refractivity contribution >= 4 is 28.7 Å². The number of hydrogen-bond donors (Lipinski definition) is 1. The predicted octanol–water partition coefficient (Wildman–Crippen LogP) is 2.97. The Bertz CT molecular complexity index is 1480. The summed E-state index contributed by atoms with van der Waals surface area (Å²) in [6, 6.07) is 0. The molecule has 10 nitrogen and oxygen atoms in total. The lowest BCUT2D eigenvalue weighted by molar-refractivity contribution is 0.406. The lowest BCUT2D eigenvalue weighted by Gasteiger charge is -2.13. The second-order valence-corrected chi connectivity index (χ2v) is 8.45. The van der Waals surface area contributed by atoms with Gasteiger partial charge in [-0.3, -0.25) is 19.1 Å². The third-order valence-electron chi connectivity index (χ3n) is 5.94. The molecule has 0 spiro atoms. The molecule has 0 amide bonds. The fourth-order valence-corrected chi connectivity index (χ4v) is 4.51. The van der Waals surface area contributed by atoms with Gasteiger partial charge in [0.25, 0.3) is 0 Å². The molecule has 4 aromatic heterocycles. The van der Waals surface area contributed by atoms with E-state index in [4.69, 9.17) is 26.8 Å². The van der Waals surface area contributed by atoms with Gasteiger partial charge < -0.3 is 15.2 Å². The van der Waals surface area contributed by atoms with E-state index in [1.165, 1.54) is 9.13 Å². The number of nitrogens with zero attached hydrogens (tertiary/aromatic N) is 6. The highest BCUT2D eigenvalue weighted by atomic mass is 35.5. The van der Waals surface area contributed by atoms with Crippen molar-refractivity contribution in [3.8, 4) is 11.5 Å². The highest BCUT2D eigenvalue weighted by Gasteiger charge is 2.22. The van der Waals surface area contributed by atoms with Gasteiger partial charge >= 0.3 is 5.69 Å². The topological polar surface area (TPSA) is 123 Å². The smallest absolute Gasteiger partial charge is 0.331 e. The van der Waals surface area contributed by atoms with Crippen molar-refractivity contribution in [2.45, 2.75) is 40.8 Å². The van der Waals surface area contributed by atoms with Crippen LogP contribution in [0.15, 0.2) is 17.2 Å². The van der Waals surface area contributed by atoms with Crippen LogP contribution in [0.25, 0.3) is 11.2 Å². The molecule has 0 aliphatic carbocycles. The van der Waals surface area contributed by atoms with Crippen molar-refractivity contribution in [3.05, 3.63) is 61.7 Å². The average molecular weight is 484 g/mol. The Morgan fingerprint density at radius 3 is 1.88 bits per heavy atom. The number of methoxy groups -OCH3 is 2. The van der Waals surface area contributed by atoms with Gasteiger partial charge in [0.15, 0.2) is 10.8 Å². The second-order valence-electron chi connectivity index (χ2n) is 8.09. The number of halogens is 1. The minimum Gasteiger partial charge on any atom is -0.496 e. The molecule has 0 radical (unpaired) electrons. The molecule has 0 unspecified atom stereocenters. The number of ether oxygens (including phenoxy) is 2. The molecule has 0 aliphatic rings. The largest absolute Gasteiger partial charge is 0.496 e. The summed E-state index contributed by atoms with van der Waals surface area (Å²) in [4.78, 5) is 31.1. The van der Waals surface area contributed by atoms with E-state index in [0.717, 1.165) is 33.8 Å². The SMILES string of the molecule is COc1c(C)cnc(Cn2c(=O)n(Cc3ncc(C)c(OC)c3C)c3c(Cl)nc(N)nc32)c1C. The maximum absolute atomic E-state index is 13.7. The molecular weight excluding hydrogens is 458 g/mol. The molecule has 34 heavy (non-hydrogen) atoms. The van der Waals surface area contributed by atoms with Crippen molar-refractivity contribution in [3.63, 3.8) is 0 Å². The first-order valence-corrected chi connectivity index (χ1v) is 11.0. The van der Waals surface area contributed by atoms with E-state index in [0.29, 0.717) is 22.6 Å². The molecule has 4 heterocycles. The molecule has 178 valence electrons. The van der Waals surface area contributed by atoms with Crippen LogP contribution in [-0.2, 0) is 13.1 Å². The summed E-state index contributed by atoms with van der Waals surface area (Å²) in [7, 11) is 3.21. The molecule has 0 saturated heterocycles. The number of aryl methyl sites for hydroxylation is 2. The number of nitrogens with two attached hydrogens (primary N) is 1. The summed E-state index contributed by atoms with van der Waals surface area (Å²) in [5.41, 5.74) is 11.1. The van der Waals surface area contributed by atoms with Crippen molar-refractivity contribution in [1.29, 1.82) is 0 Å². The van der Waals surface area contributed by atoms with Crippen molar-refractivity contribution < 1.29 is 9.47 Å². The maximum atomic E-state index is 13.7. The molecule has 11 heteroatoms. The number of aromatic nitrogens is 6. The van der Waals surface area contributed by atoms with Gasteiger partial charge in [-0.1, -0.05) is 11.6 Å². The Kier molecular flexibility index (Phi) is 6.18. The molecular formula is C23H26ClN7O3. The Morgan fingerprint density at radius 1 is 0.882 bits per heavy atom. The first-order chi connectivity index (χ1) is 16.2. The zero-order valence-corrected chi connectivity index (χ0v) is 20.7. The van der Waals surface area contributed by atoms with Crippen LogP contribution in [-0.4, -0.2) is 43.3 Å². The van der Waals surface area contributed by atoms with Gasteiger partial charge in [-0.15, -0.1) is 0 Å². The van der Waals surface area contributed by atoms with Gasteiger partial charge in [-0.25, -0.2) is 4.79 Å². The third kappa shape index (κ3) is 3.83. The molecule has 4 rings (SSSR count). The van der Waals surface area contributed by atoms with E-state index >= 15 is 0 Å². The van der Waals surface area contributed by atoms with E-state index in [1.807, 2.05) is 27.7 Å². The average Bonchev–Trinajstić information content (AvgIpc) is 3.04. The van der Waals surface area contributed by atoms with Crippen LogP contribution < -0.4 is 20.9 Å². The Labute approximate surface area is 201 Å². The second kappa shape index (κ2) is 8.94. The van der Waals surface area contributed by atoms with Crippen LogP contribution in [0, 0.1) is 27.7 Å². The first-order valence-electron chi connectivity index (χ1n) is 10.6. The van der Waals surface area contributed by atoms with E-state index in [2.05, 4.69) is 19.9 Å². The number of fused-ring (bicyclic) bond motifs is 1. The molecule has 0 fully saturated rings. The predicted molar refractivity (Wildman–Crippen MR) is 130 cm³/mol. The number of hydrogen-bond acceptors (Lipinski definition) is 8. The molecule has 4 aromatic rings. The van der Waals surface area contributed by atoms with Crippen LogP contribution >= 0.6 is 11.6 Å². The molecule has 0 saturated carbocycles. The van der Waals surface area contributed by atoms with Gasteiger partial charge in [-0.05, 0) is 27.7 Å². The van der Waals surface area contributed by atoms with Gasteiger partial charge in [0, 0.05) is 34.6 Å². The van der Waals surface area contributed by atoms with Crippen molar-refractivity contribution in [2.75, 3.05) is 20.0 Å². The number of nitrogen functional groups attached to an aromatic ring is 1. The number of anilines is 1. The Hall–Kier alpha value is -3.66. The standard InChI is InChI=1S/C23H26ClN7O3/c1-11-7-26-15(13(3)18(11)33-5)9-30-17-20(24)28-22(25)29-21(17)31(23(30)32)10-16-14(4)19(34-6)12(2)8-27-16/h7-8H,9-10H2,1-6H3,(H2,25,28,29). The zero-order valence-electron chi connectivity index (χ0n) is 19.9. The van der Waals surface area contributed by atoms with Gasteiger partial charge in [-0.2, -0.15) is 9.97 Å². The fourth-order valence-electron chi connectivity index (χ4n) is 4.23. The summed E-state index contributed by atoms with van der Waals surface area (Å²) in [5.74, 6) is 1.42. The van der Waals surface area contributed by atoms with Gasteiger partial charge in [0.05, 0.1) is 38.7 Å². The van der Waals surface area contributed by atoms with Gasteiger partial charge in [0.1, 0.15) is 17.0 Å². The highest BCUT2D eigenvalue weighted by Crippen LogP contribution is 2.28. The summed E-state index contributed by atoms with van der Waals surface area (Å²) in [6.07, 6.45) is 3.43. The third-order valence-corrected chi connectivity index (χ3v) is 6.21. The summed E-state index contributed by atoms with van der Waals surface area (Å²) in [5, 5.41) is 0.0845. The normalized spacial score (nSPS) is 11.3. The quantitative estimate of drug-likeness (QED) is 0.415. The van der Waals surface area contributed by atoms with Crippen LogP contribution in [0.1, 0.15) is 33.6 Å². The summed E-state index contributed by atoms with van der Waals surface area (Å²) >= 11 is 6.46. The van der Waals surface area contributed by atoms with Crippen LogP contribution in [0.4, 0.5) is 5.95 Å². The lowest BCUT2D eigenvalue weighted by atomic mass is 10.1. The molecule has 0 bridgehead atoms. The van der Waals surface area contributed by atoms with E-state index < -0.39 is 0 Å². The zero-order chi connectivity index (χ0) is 24.7. The molecule has 0 aliphatic heterocycles. The fraction of sp³-hybridized carbons (Fsp3) is 0.348. The number of imidazole rings is 1. The van der Waals surface area contributed by atoms with Crippen LogP contribution in [0.3, 0.4) is 0 Å². The number of pyridine rings is 2. The van der Waals surface area contributed by atoms with Crippen LogP contribution in [0.5, 0.6) is 11.5 Å². The molecule has 2 N–H and O–H groups in total. The lowest BCUT2D eigenvalue weighted by Crippen LogP contribution is -2.26. The maximum Gasteiger partial charge on any atom is 0.331 e. The Balaban J connectivity index is 1.91. The van der Waals surface area contributed by atoms with E-state index in [9.17, 15) is 4.79 Å². The van der Waals surface area contributed by atoms with E-state index in [-0.39, 0.29) is 29.9 Å². The van der Waals surface area contributed by atoms with Crippen molar-refractivity contribution in [2.24, 2.45) is 0 Å². The molecule has 0 atom stereocenters. The van der Waals surface area contributed by atoms with Crippen molar-refractivity contribution in [1.82, 2.24) is 29.1 Å². The van der Waals surface area contributed by atoms with Crippen LogP contribution in [0.2, 0.25) is 5.15 Å². The van der Waals surface area contributed by atoms with E-state index in [1.54, 1.807) is 26.6 Å². The monoisotopic (exact) mass is 483 g/mol. The summed E-state index contributed by atoms with van der Waals surface area (Å²) < 4.78 is 14.0. The summed E-state index contributed by atoms with van der Waals surface area (Å²) in [6.45, 7) is 7.95. The highest BCUT2D eigenvalue weighted by molar-refractivity contribution is 6.33. The minimum absolute atomic E-state index is 0.0270. The Morgan fingerprint density at radius 2 is 1.38 bits per heavy atom. The first kappa shape index (κ1) is 23.5. The molecule has 0 aromatic carbocycles. The van der Waals surface area contributed by atoms with Gasteiger partial charge in [0.2, 0.25) is 5.95 Å². The minimum atomic E-state index is -0.335. The number of rotatable bonds is 6.